The molecule has 0 fully saturated rings. The summed E-state index contributed by atoms with van der Waals surface area (Å²) in [5.41, 5.74) is 0.998. The Bertz CT molecular complexity index is 841. The van der Waals surface area contributed by atoms with Gasteiger partial charge in [-0.2, -0.15) is 4.98 Å². The Kier molecular flexibility index (Phi) is 3.47. The fourth-order valence-corrected chi connectivity index (χ4v) is 2.02. The smallest absolute Gasteiger partial charge is 0.318 e. The molecule has 1 heterocycles. The van der Waals surface area contributed by atoms with Gasteiger partial charge in [-0.3, -0.25) is 14.6 Å². The number of rotatable bonds is 3. The van der Waals surface area contributed by atoms with Gasteiger partial charge in [0.1, 0.15) is 0 Å². The van der Waals surface area contributed by atoms with Crippen LogP contribution in [0.4, 0.5) is 0 Å². The molecule has 5 heteroatoms. The van der Waals surface area contributed by atoms with Crippen molar-refractivity contribution < 1.29 is 9.53 Å². The van der Waals surface area contributed by atoms with Gasteiger partial charge < -0.3 is 4.74 Å². The molecule has 0 saturated carbocycles. The van der Waals surface area contributed by atoms with Crippen LogP contribution in [-0.4, -0.2) is 15.9 Å². The normalized spacial score (nSPS) is 10.5. The number of esters is 1. The summed E-state index contributed by atoms with van der Waals surface area (Å²) in [4.78, 5) is 30.3. The number of hydrogen-bond acceptors (Lipinski definition) is 4. The molecule has 0 atom stereocenters. The van der Waals surface area contributed by atoms with E-state index in [0.29, 0.717) is 10.9 Å². The van der Waals surface area contributed by atoms with E-state index in [1.807, 2.05) is 30.3 Å². The first-order valence-electron chi connectivity index (χ1n) is 6.46. The van der Waals surface area contributed by atoms with E-state index in [9.17, 15) is 9.59 Å². The standard InChI is InChI=1S/C16H12N2O3/c19-14(10-11-6-2-1-3-7-11)21-16-17-13-9-5-4-8-12(13)15(20)18-16/h1-9H,10H2,(H,17,18,20). The molecule has 3 aromatic rings. The number of ether oxygens (including phenoxy) is 1. The van der Waals surface area contributed by atoms with Crippen LogP contribution in [0.3, 0.4) is 0 Å². The van der Waals surface area contributed by atoms with Gasteiger partial charge in [-0.15, -0.1) is 0 Å². The summed E-state index contributed by atoms with van der Waals surface area (Å²) in [6.45, 7) is 0. The van der Waals surface area contributed by atoms with Crippen molar-refractivity contribution in [3.63, 3.8) is 0 Å². The Morgan fingerprint density at radius 3 is 2.57 bits per heavy atom. The number of fused-ring (bicyclic) bond motifs is 1. The molecule has 0 aliphatic heterocycles. The third-order valence-corrected chi connectivity index (χ3v) is 2.99. The maximum Gasteiger partial charge on any atom is 0.318 e. The molecule has 3 rings (SSSR count). The molecule has 0 amide bonds. The molecule has 0 saturated heterocycles. The Balaban J connectivity index is 1.82. The average molecular weight is 280 g/mol. The Hall–Kier alpha value is -2.95. The minimum absolute atomic E-state index is 0.0837. The van der Waals surface area contributed by atoms with E-state index in [1.54, 1.807) is 24.3 Å². The van der Waals surface area contributed by atoms with Crippen molar-refractivity contribution >= 4 is 16.9 Å². The third kappa shape index (κ3) is 2.97. The summed E-state index contributed by atoms with van der Waals surface area (Å²) < 4.78 is 5.10. The Morgan fingerprint density at radius 2 is 1.76 bits per heavy atom. The SMILES string of the molecule is O=C(Cc1ccccc1)Oc1nc2ccccc2c(=O)[nH]1. The van der Waals surface area contributed by atoms with Crippen molar-refractivity contribution in [3.8, 4) is 6.01 Å². The predicted octanol–water partition coefficient (Wildman–Crippen LogP) is 2.07. The Morgan fingerprint density at radius 1 is 1.05 bits per heavy atom. The minimum atomic E-state index is -0.473. The van der Waals surface area contributed by atoms with Crippen LogP contribution in [0.5, 0.6) is 6.01 Å². The van der Waals surface area contributed by atoms with Crippen LogP contribution in [0.1, 0.15) is 5.56 Å². The number of carbonyl (C=O) groups is 1. The number of para-hydroxylation sites is 1. The first-order valence-corrected chi connectivity index (χ1v) is 6.46. The molecule has 0 aliphatic carbocycles. The topological polar surface area (TPSA) is 72.0 Å². The van der Waals surface area contributed by atoms with Crippen LogP contribution in [-0.2, 0) is 11.2 Å². The number of aromatic nitrogens is 2. The summed E-state index contributed by atoms with van der Waals surface area (Å²) in [5, 5.41) is 0.459. The number of nitrogens with zero attached hydrogens (tertiary/aromatic N) is 1. The second-order valence-corrected chi connectivity index (χ2v) is 4.52. The zero-order valence-electron chi connectivity index (χ0n) is 11.1. The summed E-state index contributed by atoms with van der Waals surface area (Å²) in [6, 6.07) is 16.0. The minimum Gasteiger partial charge on any atom is -0.392 e. The summed E-state index contributed by atoms with van der Waals surface area (Å²) >= 11 is 0. The first-order chi connectivity index (χ1) is 10.2. The maximum atomic E-state index is 11.9. The largest absolute Gasteiger partial charge is 0.392 e. The zero-order chi connectivity index (χ0) is 14.7. The highest BCUT2D eigenvalue weighted by Crippen LogP contribution is 2.10. The van der Waals surface area contributed by atoms with Crippen LogP contribution in [0.25, 0.3) is 10.9 Å². The highest BCUT2D eigenvalue weighted by molar-refractivity contribution is 5.78. The molecule has 0 aliphatic rings. The lowest BCUT2D eigenvalue weighted by molar-refractivity contribution is -0.134. The van der Waals surface area contributed by atoms with Crippen molar-refractivity contribution in [2.45, 2.75) is 6.42 Å². The highest BCUT2D eigenvalue weighted by Gasteiger charge is 2.10. The highest BCUT2D eigenvalue weighted by atomic mass is 16.5. The second kappa shape index (κ2) is 5.58. The van der Waals surface area contributed by atoms with Crippen LogP contribution >= 0.6 is 0 Å². The fourth-order valence-electron chi connectivity index (χ4n) is 2.02. The molecule has 2 aromatic carbocycles. The lowest BCUT2D eigenvalue weighted by Crippen LogP contribution is -2.17. The molecular weight excluding hydrogens is 268 g/mol. The van der Waals surface area contributed by atoms with Gasteiger partial charge in [0.15, 0.2) is 0 Å². The summed E-state index contributed by atoms with van der Waals surface area (Å²) in [5.74, 6) is -0.473. The predicted molar refractivity (Wildman–Crippen MR) is 78.1 cm³/mol. The number of H-pyrrole nitrogens is 1. The van der Waals surface area contributed by atoms with E-state index in [-0.39, 0.29) is 18.0 Å². The van der Waals surface area contributed by atoms with E-state index in [1.165, 1.54) is 0 Å². The number of carbonyl (C=O) groups excluding carboxylic acids is 1. The van der Waals surface area contributed by atoms with Crippen LogP contribution in [0.15, 0.2) is 59.4 Å². The molecular formula is C16H12N2O3. The Labute approximate surface area is 120 Å². The van der Waals surface area contributed by atoms with Crippen molar-refractivity contribution in [3.05, 3.63) is 70.5 Å². The summed E-state index contributed by atoms with van der Waals surface area (Å²) in [6.07, 6.45) is 0.122. The second-order valence-electron chi connectivity index (χ2n) is 4.52. The lowest BCUT2D eigenvalue weighted by atomic mass is 10.2. The molecule has 21 heavy (non-hydrogen) atoms. The van der Waals surface area contributed by atoms with Gasteiger partial charge in [0, 0.05) is 0 Å². The van der Waals surface area contributed by atoms with Gasteiger partial charge in [-0.1, -0.05) is 42.5 Å². The zero-order valence-corrected chi connectivity index (χ0v) is 11.1. The van der Waals surface area contributed by atoms with Gasteiger partial charge in [-0.05, 0) is 17.7 Å². The van der Waals surface area contributed by atoms with Crippen molar-refractivity contribution in [2.24, 2.45) is 0 Å². The molecule has 1 aromatic heterocycles. The van der Waals surface area contributed by atoms with Gasteiger partial charge in [-0.25, -0.2) is 0 Å². The van der Waals surface area contributed by atoms with Crippen molar-refractivity contribution in [1.29, 1.82) is 0 Å². The molecule has 104 valence electrons. The van der Waals surface area contributed by atoms with Crippen LogP contribution in [0, 0.1) is 0 Å². The number of nitrogens with one attached hydrogen (secondary N) is 1. The maximum absolute atomic E-state index is 11.9. The first kappa shape index (κ1) is 13.1. The van der Waals surface area contributed by atoms with Crippen LogP contribution in [0.2, 0.25) is 0 Å². The van der Waals surface area contributed by atoms with Gasteiger partial charge in [0.25, 0.3) is 5.56 Å². The number of hydrogen-bond donors (Lipinski definition) is 1. The van der Waals surface area contributed by atoms with E-state index in [2.05, 4.69) is 9.97 Å². The molecule has 5 nitrogen and oxygen atoms in total. The van der Waals surface area contributed by atoms with Crippen molar-refractivity contribution in [2.75, 3.05) is 0 Å². The number of benzene rings is 2. The fraction of sp³-hybridized carbons (Fsp3) is 0.0625. The van der Waals surface area contributed by atoms with Crippen molar-refractivity contribution in [1.82, 2.24) is 9.97 Å². The van der Waals surface area contributed by atoms with E-state index < -0.39 is 5.97 Å². The van der Waals surface area contributed by atoms with Gasteiger partial charge >= 0.3 is 12.0 Å². The van der Waals surface area contributed by atoms with Gasteiger partial charge in [0.2, 0.25) is 0 Å². The monoisotopic (exact) mass is 280 g/mol. The molecule has 0 unspecified atom stereocenters. The van der Waals surface area contributed by atoms with E-state index in [0.717, 1.165) is 5.56 Å². The average Bonchev–Trinajstić information content (AvgIpc) is 2.48. The molecule has 0 bridgehead atoms. The molecule has 0 spiro atoms. The third-order valence-electron chi connectivity index (χ3n) is 2.99. The molecule has 1 N–H and O–H groups in total. The number of aromatic amines is 1. The van der Waals surface area contributed by atoms with E-state index in [4.69, 9.17) is 4.74 Å². The quantitative estimate of drug-likeness (QED) is 0.745. The van der Waals surface area contributed by atoms with Gasteiger partial charge in [0.05, 0.1) is 17.3 Å². The summed E-state index contributed by atoms with van der Waals surface area (Å²) in [7, 11) is 0. The van der Waals surface area contributed by atoms with Crippen LogP contribution < -0.4 is 10.3 Å². The van der Waals surface area contributed by atoms with E-state index >= 15 is 0 Å². The molecule has 0 radical (unpaired) electrons. The lowest BCUT2D eigenvalue weighted by Gasteiger charge is -2.04.